The lowest BCUT2D eigenvalue weighted by Crippen LogP contribution is -2.38. The van der Waals surface area contributed by atoms with Crippen LogP contribution in [0.1, 0.15) is 18.1 Å². The van der Waals surface area contributed by atoms with Gasteiger partial charge < -0.3 is 10.8 Å². The summed E-state index contributed by atoms with van der Waals surface area (Å²) in [6.07, 6.45) is -6.53. The molecule has 2 nitrogen and oxygen atoms in total. The highest BCUT2D eigenvalue weighted by molar-refractivity contribution is 5.85. The number of aliphatic hydroxyl groups is 1. The summed E-state index contributed by atoms with van der Waals surface area (Å²) < 4.78 is 48.8. The number of rotatable bonds is 3. The zero-order valence-corrected chi connectivity index (χ0v) is 9.43. The van der Waals surface area contributed by atoms with Crippen LogP contribution in [0.3, 0.4) is 0 Å². The Morgan fingerprint density at radius 2 is 1.65 bits per heavy atom. The zero-order chi connectivity index (χ0) is 12.3. The third-order valence-corrected chi connectivity index (χ3v) is 2.15. The van der Waals surface area contributed by atoms with E-state index >= 15 is 0 Å². The second-order valence-corrected chi connectivity index (χ2v) is 3.45. The Kier molecular flexibility index (Phi) is 5.87. The average molecular weight is 274 g/mol. The number of hydrogen-bond donors (Lipinski definition) is 2. The molecule has 0 amide bonds. The molecule has 0 saturated heterocycles. The van der Waals surface area contributed by atoms with Crippen LogP contribution in [-0.2, 0) is 0 Å². The molecule has 98 valence electrons. The second-order valence-electron chi connectivity index (χ2n) is 3.45. The average Bonchev–Trinajstić information content (AvgIpc) is 2.17. The molecule has 0 aromatic heterocycles. The summed E-state index contributed by atoms with van der Waals surface area (Å²) in [6, 6.07) is 2.49. The lowest BCUT2D eigenvalue weighted by molar-refractivity contribution is -0.153. The van der Waals surface area contributed by atoms with Crippen LogP contribution < -0.4 is 5.73 Å². The molecule has 0 unspecified atom stereocenters. The van der Waals surface area contributed by atoms with E-state index in [0.29, 0.717) is 0 Å². The summed E-state index contributed by atoms with van der Waals surface area (Å²) >= 11 is 0. The molecule has 0 saturated carbocycles. The summed E-state index contributed by atoms with van der Waals surface area (Å²) in [6.45, 7) is 0. The Morgan fingerprint density at radius 3 is 2.06 bits per heavy atom. The fourth-order valence-corrected chi connectivity index (χ4v) is 1.20. The number of nitrogens with two attached hydrogens (primary N) is 1. The fourth-order valence-electron chi connectivity index (χ4n) is 1.20. The molecule has 0 spiro atoms. The number of alkyl halides is 3. The highest BCUT2D eigenvalue weighted by Crippen LogP contribution is 2.26. The van der Waals surface area contributed by atoms with E-state index in [4.69, 9.17) is 5.73 Å². The van der Waals surface area contributed by atoms with Crippen molar-refractivity contribution in [3.8, 4) is 0 Å². The molecule has 0 aliphatic rings. The van der Waals surface area contributed by atoms with Gasteiger partial charge >= 0.3 is 6.18 Å². The van der Waals surface area contributed by atoms with E-state index in [0.717, 1.165) is 12.1 Å². The van der Waals surface area contributed by atoms with E-state index < -0.39 is 30.6 Å². The monoisotopic (exact) mass is 273 g/mol. The molecule has 0 heterocycles. The first-order valence-corrected chi connectivity index (χ1v) is 4.56. The van der Waals surface area contributed by atoms with Gasteiger partial charge in [-0.2, -0.15) is 13.2 Å². The third kappa shape index (κ3) is 4.89. The minimum Gasteiger partial charge on any atom is -0.388 e. The van der Waals surface area contributed by atoms with Crippen molar-refractivity contribution in [2.45, 2.75) is 24.7 Å². The van der Waals surface area contributed by atoms with Gasteiger partial charge in [0.05, 0.1) is 6.10 Å². The van der Waals surface area contributed by atoms with Crippen molar-refractivity contribution in [1.82, 2.24) is 0 Å². The fraction of sp³-hybridized carbons (Fsp3) is 0.400. The molecular weight excluding hydrogens is 262 g/mol. The zero-order valence-electron chi connectivity index (χ0n) is 8.62. The molecule has 0 bridgehead atoms. The Balaban J connectivity index is 0.00000256. The maximum atomic E-state index is 12.5. The number of halogens is 5. The van der Waals surface area contributed by atoms with Crippen LogP contribution in [-0.4, -0.2) is 17.3 Å². The van der Waals surface area contributed by atoms with E-state index in [1.165, 1.54) is 12.1 Å². The summed E-state index contributed by atoms with van der Waals surface area (Å²) in [7, 11) is 0. The molecule has 1 aromatic carbocycles. The summed E-state index contributed by atoms with van der Waals surface area (Å²) in [5, 5.41) is 9.44. The van der Waals surface area contributed by atoms with Crippen LogP contribution in [0.5, 0.6) is 0 Å². The molecule has 7 heteroatoms. The van der Waals surface area contributed by atoms with Gasteiger partial charge in [0.15, 0.2) is 0 Å². The van der Waals surface area contributed by atoms with Crippen LogP contribution in [0.2, 0.25) is 0 Å². The molecule has 1 aromatic rings. The summed E-state index contributed by atoms with van der Waals surface area (Å²) in [5.41, 5.74) is 5.07. The minimum absolute atomic E-state index is 0. The van der Waals surface area contributed by atoms with E-state index in [2.05, 4.69) is 0 Å². The van der Waals surface area contributed by atoms with Gasteiger partial charge in [0.25, 0.3) is 0 Å². The van der Waals surface area contributed by atoms with Gasteiger partial charge in [-0.15, -0.1) is 12.4 Å². The van der Waals surface area contributed by atoms with Crippen LogP contribution >= 0.6 is 12.4 Å². The van der Waals surface area contributed by atoms with E-state index in [1.807, 2.05) is 0 Å². The minimum atomic E-state index is -4.54. The van der Waals surface area contributed by atoms with Crippen molar-refractivity contribution < 1.29 is 22.7 Å². The van der Waals surface area contributed by atoms with Crippen molar-refractivity contribution in [2.24, 2.45) is 5.73 Å². The summed E-state index contributed by atoms with van der Waals surface area (Å²) in [4.78, 5) is 0. The Hall–Kier alpha value is -0.850. The van der Waals surface area contributed by atoms with Crippen molar-refractivity contribution in [3.63, 3.8) is 0 Å². The molecule has 0 aliphatic carbocycles. The van der Waals surface area contributed by atoms with Gasteiger partial charge in [-0.25, -0.2) is 4.39 Å². The molecular formula is C10H12ClF4NO. The molecule has 2 atom stereocenters. The maximum absolute atomic E-state index is 12.5. The van der Waals surface area contributed by atoms with Gasteiger partial charge in [0.1, 0.15) is 11.9 Å². The van der Waals surface area contributed by atoms with Crippen LogP contribution in [0, 0.1) is 5.82 Å². The van der Waals surface area contributed by atoms with E-state index in [-0.39, 0.29) is 18.0 Å². The number of aliphatic hydroxyl groups excluding tert-OH is 1. The van der Waals surface area contributed by atoms with Gasteiger partial charge in [-0.3, -0.25) is 0 Å². The highest BCUT2D eigenvalue weighted by atomic mass is 35.5. The summed E-state index contributed by atoms with van der Waals surface area (Å²) in [5.74, 6) is -0.518. The van der Waals surface area contributed by atoms with Gasteiger partial charge in [-0.05, 0) is 17.7 Å². The molecule has 1 rings (SSSR count). The first-order chi connectivity index (χ1) is 7.30. The van der Waals surface area contributed by atoms with Crippen molar-refractivity contribution in [3.05, 3.63) is 35.6 Å². The number of hydrogen-bond acceptors (Lipinski definition) is 2. The topological polar surface area (TPSA) is 46.2 Å². The third-order valence-electron chi connectivity index (χ3n) is 2.15. The highest BCUT2D eigenvalue weighted by Gasteiger charge is 2.37. The molecule has 0 radical (unpaired) electrons. The molecule has 3 N–H and O–H groups in total. The van der Waals surface area contributed by atoms with Gasteiger partial charge in [0.2, 0.25) is 0 Å². The Bertz CT molecular complexity index is 341. The van der Waals surface area contributed by atoms with E-state index in [1.54, 1.807) is 0 Å². The van der Waals surface area contributed by atoms with Gasteiger partial charge in [-0.1, -0.05) is 12.1 Å². The standard InChI is InChI=1S/C10H11F4NO.ClH/c11-7-3-1-6(2-4-7)8(16)5-9(15)10(12,13)14;/h1-4,8-9,16H,5,15H2;1H/t8-,9+;/m1./s1. The van der Waals surface area contributed by atoms with Gasteiger partial charge in [0, 0.05) is 6.42 Å². The van der Waals surface area contributed by atoms with Crippen molar-refractivity contribution in [2.75, 3.05) is 0 Å². The van der Waals surface area contributed by atoms with Crippen LogP contribution in [0.25, 0.3) is 0 Å². The largest absolute Gasteiger partial charge is 0.403 e. The SMILES string of the molecule is Cl.N[C@@H](C[C@@H](O)c1ccc(F)cc1)C(F)(F)F. The Labute approximate surface area is 102 Å². The van der Waals surface area contributed by atoms with Crippen LogP contribution in [0.4, 0.5) is 17.6 Å². The predicted octanol–water partition coefficient (Wildman–Crippen LogP) is 2.56. The van der Waals surface area contributed by atoms with Crippen molar-refractivity contribution >= 4 is 12.4 Å². The van der Waals surface area contributed by atoms with Crippen molar-refractivity contribution in [1.29, 1.82) is 0 Å². The lowest BCUT2D eigenvalue weighted by Gasteiger charge is -2.19. The Morgan fingerprint density at radius 1 is 1.18 bits per heavy atom. The first-order valence-electron chi connectivity index (χ1n) is 4.56. The lowest BCUT2D eigenvalue weighted by atomic mass is 10.0. The molecule has 0 aliphatic heterocycles. The smallest absolute Gasteiger partial charge is 0.388 e. The van der Waals surface area contributed by atoms with E-state index in [9.17, 15) is 22.7 Å². The quantitative estimate of drug-likeness (QED) is 0.832. The second kappa shape index (κ2) is 6.18. The predicted molar refractivity (Wildman–Crippen MR) is 57.3 cm³/mol. The normalized spacial score (nSPS) is 14.9. The molecule has 17 heavy (non-hydrogen) atoms. The number of benzene rings is 1. The molecule has 0 fully saturated rings. The first kappa shape index (κ1) is 16.1. The van der Waals surface area contributed by atoms with Crippen LogP contribution in [0.15, 0.2) is 24.3 Å². The maximum Gasteiger partial charge on any atom is 0.403 e.